The third kappa shape index (κ3) is 4.33. The van der Waals surface area contributed by atoms with Gasteiger partial charge in [0.15, 0.2) is 5.82 Å². The van der Waals surface area contributed by atoms with Gasteiger partial charge in [0.25, 0.3) is 5.91 Å². The summed E-state index contributed by atoms with van der Waals surface area (Å²) in [6.07, 6.45) is 4.58. The van der Waals surface area contributed by atoms with E-state index in [1.807, 2.05) is 13.0 Å². The fraction of sp³-hybridized carbons (Fsp3) is 0.350. The van der Waals surface area contributed by atoms with Crippen molar-refractivity contribution in [1.82, 2.24) is 14.9 Å². The van der Waals surface area contributed by atoms with Crippen LogP contribution in [-0.2, 0) is 4.79 Å². The number of piperidine rings is 1. The van der Waals surface area contributed by atoms with E-state index in [4.69, 9.17) is 16.2 Å². The summed E-state index contributed by atoms with van der Waals surface area (Å²) in [6, 6.07) is 5.37. The molecule has 0 spiro atoms. The molecule has 0 radical (unpaired) electrons. The van der Waals surface area contributed by atoms with Crippen molar-refractivity contribution in [3.63, 3.8) is 0 Å². The van der Waals surface area contributed by atoms with E-state index in [0.717, 1.165) is 11.1 Å². The van der Waals surface area contributed by atoms with Gasteiger partial charge in [0.2, 0.25) is 0 Å². The van der Waals surface area contributed by atoms with Crippen molar-refractivity contribution in [1.29, 1.82) is 5.41 Å². The topological polar surface area (TPSA) is 133 Å². The Kier molecular flexibility index (Phi) is 5.67. The average Bonchev–Trinajstić information content (AvgIpc) is 2.67. The number of nitrogens with one attached hydrogen (secondary N) is 1. The number of carbonyl (C=O) groups is 2. The maximum atomic E-state index is 12.7. The van der Waals surface area contributed by atoms with Crippen molar-refractivity contribution in [2.75, 3.05) is 13.1 Å². The minimum absolute atomic E-state index is 0.00337. The molecule has 1 aliphatic heterocycles. The zero-order valence-corrected chi connectivity index (χ0v) is 15.7. The Hall–Kier alpha value is -3.29. The maximum absolute atomic E-state index is 12.7. The van der Waals surface area contributed by atoms with Gasteiger partial charge >= 0.3 is 5.97 Å². The Labute approximate surface area is 162 Å². The highest BCUT2D eigenvalue weighted by atomic mass is 16.4. The summed E-state index contributed by atoms with van der Waals surface area (Å²) < 4.78 is 0. The molecule has 28 heavy (non-hydrogen) atoms. The Morgan fingerprint density at radius 1 is 1.21 bits per heavy atom. The van der Waals surface area contributed by atoms with Crippen molar-refractivity contribution in [3.8, 4) is 11.4 Å². The molecule has 4 N–H and O–H groups in total. The van der Waals surface area contributed by atoms with Gasteiger partial charge in [-0.1, -0.05) is 12.1 Å². The number of amides is 1. The molecule has 2 heterocycles. The number of aryl methyl sites for hydroxylation is 1. The van der Waals surface area contributed by atoms with Gasteiger partial charge in [-0.15, -0.1) is 0 Å². The van der Waals surface area contributed by atoms with E-state index in [2.05, 4.69) is 9.97 Å². The average molecular weight is 381 g/mol. The zero-order chi connectivity index (χ0) is 20.3. The van der Waals surface area contributed by atoms with Gasteiger partial charge in [0.05, 0.1) is 5.56 Å². The first-order chi connectivity index (χ1) is 13.3. The van der Waals surface area contributed by atoms with Crippen LogP contribution in [0.5, 0.6) is 0 Å². The lowest BCUT2D eigenvalue weighted by atomic mass is 9.93. The molecule has 8 heteroatoms. The van der Waals surface area contributed by atoms with Crippen molar-refractivity contribution < 1.29 is 14.7 Å². The standard InChI is InChI=1S/C20H23N5O3/c1-12-8-14(18(21)22)2-3-16(12)19-23-10-15(11-24-19)20(28)25-6-4-13(5-7-25)9-17(26)27/h2-3,8,10-11,13H,4-7,9H2,1H3,(H3,21,22)(H,26,27). The van der Waals surface area contributed by atoms with Gasteiger partial charge in [0.1, 0.15) is 5.84 Å². The third-order valence-corrected chi connectivity index (χ3v) is 5.04. The van der Waals surface area contributed by atoms with Crippen molar-refractivity contribution in [2.24, 2.45) is 11.7 Å². The SMILES string of the molecule is Cc1cc(C(=N)N)ccc1-c1ncc(C(=O)N2CCC(CC(=O)O)CC2)cn1. The quantitative estimate of drug-likeness (QED) is 0.536. The Morgan fingerprint density at radius 2 is 1.86 bits per heavy atom. The normalized spacial score (nSPS) is 14.7. The monoisotopic (exact) mass is 381 g/mol. The fourth-order valence-corrected chi connectivity index (χ4v) is 3.43. The van der Waals surface area contributed by atoms with Crippen LogP contribution in [0.25, 0.3) is 11.4 Å². The summed E-state index contributed by atoms with van der Waals surface area (Å²) in [4.78, 5) is 33.9. The smallest absolute Gasteiger partial charge is 0.303 e. The molecular weight excluding hydrogens is 358 g/mol. The highest BCUT2D eigenvalue weighted by Gasteiger charge is 2.25. The predicted molar refractivity (Wildman–Crippen MR) is 104 cm³/mol. The first-order valence-electron chi connectivity index (χ1n) is 9.13. The van der Waals surface area contributed by atoms with E-state index in [1.165, 1.54) is 12.4 Å². The summed E-state index contributed by atoms with van der Waals surface area (Å²) >= 11 is 0. The second kappa shape index (κ2) is 8.16. The molecule has 0 aliphatic carbocycles. The van der Waals surface area contributed by atoms with E-state index in [9.17, 15) is 9.59 Å². The van der Waals surface area contributed by atoms with Crippen LogP contribution in [0.3, 0.4) is 0 Å². The summed E-state index contributed by atoms with van der Waals surface area (Å²) in [6.45, 7) is 2.99. The van der Waals surface area contributed by atoms with E-state index < -0.39 is 5.97 Å². The van der Waals surface area contributed by atoms with Crippen LogP contribution in [0.1, 0.15) is 40.7 Å². The van der Waals surface area contributed by atoms with Crippen molar-refractivity contribution >= 4 is 17.7 Å². The molecule has 1 aliphatic rings. The molecule has 0 atom stereocenters. The zero-order valence-electron chi connectivity index (χ0n) is 15.7. The van der Waals surface area contributed by atoms with Crippen LogP contribution in [0, 0.1) is 18.3 Å². The van der Waals surface area contributed by atoms with Crippen LogP contribution in [0.2, 0.25) is 0 Å². The number of hydrogen-bond donors (Lipinski definition) is 3. The number of likely N-dealkylation sites (tertiary alicyclic amines) is 1. The lowest BCUT2D eigenvalue weighted by Crippen LogP contribution is -2.39. The molecule has 1 amide bonds. The number of benzene rings is 1. The molecule has 2 aromatic rings. The molecule has 3 rings (SSSR count). The number of aliphatic carboxylic acids is 1. The van der Waals surface area contributed by atoms with Crippen molar-refractivity contribution in [3.05, 3.63) is 47.3 Å². The molecular formula is C20H23N5O3. The molecule has 1 saturated heterocycles. The minimum atomic E-state index is -0.791. The van der Waals surface area contributed by atoms with Crippen LogP contribution in [-0.4, -0.2) is 50.8 Å². The predicted octanol–water partition coefficient (Wildman–Crippen LogP) is 2.06. The largest absolute Gasteiger partial charge is 0.481 e. The van der Waals surface area contributed by atoms with Crippen molar-refractivity contribution in [2.45, 2.75) is 26.2 Å². The van der Waals surface area contributed by atoms with E-state index in [1.54, 1.807) is 17.0 Å². The first-order valence-corrected chi connectivity index (χ1v) is 9.13. The third-order valence-electron chi connectivity index (χ3n) is 5.04. The number of nitrogen functional groups attached to an aromatic ring is 1. The van der Waals surface area contributed by atoms with E-state index in [-0.39, 0.29) is 24.1 Å². The number of carboxylic acid groups (broad SMARTS) is 1. The van der Waals surface area contributed by atoms with Crippen LogP contribution in [0.4, 0.5) is 0 Å². The number of nitrogens with two attached hydrogens (primary N) is 1. The molecule has 0 saturated carbocycles. The number of aromatic nitrogens is 2. The van der Waals surface area contributed by atoms with E-state index in [0.29, 0.717) is 42.9 Å². The Balaban J connectivity index is 1.68. The summed E-state index contributed by atoms with van der Waals surface area (Å²) in [5.41, 5.74) is 8.28. The van der Waals surface area contributed by atoms with E-state index >= 15 is 0 Å². The van der Waals surface area contributed by atoms with Gasteiger partial charge in [0, 0.05) is 43.0 Å². The number of rotatable bonds is 5. The van der Waals surface area contributed by atoms with Crippen LogP contribution >= 0.6 is 0 Å². The molecule has 1 aromatic heterocycles. The number of nitrogens with zero attached hydrogens (tertiary/aromatic N) is 3. The highest BCUT2D eigenvalue weighted by Crippen LogP contribution is 2.23. The summed E-state index contributed by atoms with van der Waals surface area (Å²) in [7, 11) is 0. The second-order valence-electron chi connectivity index (χ2n) is 7.07. The molecule has 0 unspecified atom stereocenters. The van der Waals surface area contributed by atoms with Crippen LogP contribution in [0.15, 0.2) is 30.6 Å². The molecule has 146 valence electrons. The fourth-order valence-electron chi connectivity index (χ4n) is 3.43. The Bertz CT molecular complexity index is 903. The number of carboxylic acids is 1. The van der Waals surface area contributed by atoms with Gasteiger partial charge in [-0.25, -0.2) is 9.97 Å². The summed E-state index contributed by atoms with van der Waals surface area (Å²) in [5.74, 6) is -0.293. The molecule has 0 bridgehead atoms. The molecule has 8 nitrogen and oxygen atoms in total. The second-order valence-corrected chi connectivity index (χ2v) is 7.07. The van der Waals surface area contributed by atoms with Gasteiger partial charge in [-0.05, 0) is 37.3 Å². The molecule has 1 fully saturated rings. The number of amidine groups is 1. The van der Waals surface area contributed by atoms with Crippen LogP contribution < -0.4 is 5.73 Å². The van der Waals surface area contributed by atoms with Gasteiger partial charge < -0.3 is 15.7 Å². The van der Waals surface area contributed by atoms with Gasteiger partial charge in [-0.2, -0.15) is 0 Å². The molecule has 1 aromatic carbocycles. The number of hydrogen-bond acceptors (Lipinski definition) is 5. The first kappa shape index (κ1) is 19.5. The Morgan fingerprint density at radius 3 is 2.39 bits per heavy atom. The number of carbonyl (C=O) groups excluding carboxylic acids is 1. The minimum Gasteiger partial charge on any atom is -0.481 e. The highest BCUT2D eigenvalue weighted by molar-refractivity contribution is 5.96. The maximum Gasteiger partial charge on any atom is 0.303 e. The summed E-state index contributed by atoms with van der Waals surface area (Å²) in [5, 5.41) is 16.4. The lowest BCUT2D eigenvalue weighted by Gasteiger charge is -2.31. The lowest BCUT2D eigenvalue weighted by molar-refractivity contribution is -0.138. The van der Waals surface area contributed by atoms with Gasteiger partial charge in [-0.3, -0.25) is 15.0 Å².